The molecule has 7 nitrogen and oxygen atoms in total. The summed E-state index contributed by atoms with van der Waals surface area (Å²) < 4.78 is 29.6. The van der Waals surface area contributed by atoms with Crippen LogP contribution in [0.4, 0.5) is 10.1 Å². The Morgan fingerprint density at radius 1 is 1.00 bits per heavy atom. The number of fused-ring (bicyclic) bond motifs is 1. The third kappa shape index (κ3) is 5.47. The fourth-order valence-electron chi connectivity index (χ4n) is 3.26. The van der Waals surface area contributed by atoms with Crippen LogP contribution in [0.15, 0.2) is 82.0 Å². The zero-order valence-corrected chi connectivity index (χ0v) is 18.2. The van der Waals surface area contributed by atoms with Gasteiger partial charge in [0.2, 0.25) is 0 Å². The number of carbonyl (C=O) groups is 2. The Bertz CT molecular complexity index is 1410. The summed E-state index contributed by atoms with van der Waals surface area (Å²) in [6, 6.07) is 18.9. The van der Waals surface area contributed by atoms with E-state index in [1.807, 2.05) is 13.0 Å². The molecule has 1 N–H and O–H groups in total. The molecule has 0 spiro atoms. The molecule has 0 atom stereocenters. The van der Waals surface area contributed by atoms with E-state index in [0.29, 0.717) is 11.3 Å². The molecular formula is C26H20FNO6. The molecule has 1 aromatic heterocycles. The number of carbonyl (C=O) groups excluding carboxylic acids is 2. The zero-order valence-electron chi connectivity index (χ0n) is 18.2. The molecule has 0 aliphatic carbocycles. The molecule has 0 radical (unpaired) electrons. The number of rotatable bonds is 7. The number of benzene rings is 3. The van der Waals surface area contributed by atoms with Gasteiger partial charge in [0.25, 0.3) is 5.91 Å². The van der Waals surface area contributed by atoms with Crippen molar-refractivity contribution in [2.45, 2.75) is 13.5 Å². The van der Waals surface area contributed by atoms with Gasteiger partial charge < -0.3 is 19.2 Å². The molecule has 4 rings (SSSR count). The minimum Gasteiger partial charge on any atom is -0.489 e. The molecule has 0 saturated heterocycles. The first-order valence-electron chi connectivity index (χ1n) is 10.4. The van der Waals surface area contributed by atoms with Gasteiger partial charge in [0, 0.05) is 17.5 Å². The number of hydrogen-bond acceptors (Lipinski definition) is 6. The van der Waals surface area contributed by atoms with Gasteiger partial charge >= 0.3 is 11.6 Å². The highest BCUT2D eigenvalue weighted by atomic mass is 19.1. The summed E-state index contributed by atoms with van der Waals surface area (Å²) in [6.07, 6.45) is 0. The van der Waals surface area contributed by atoms with Crippen molar-refractivity contribution in [2.75, 3.05) is 11.9 Å². The van der Waals surface area contributed by atoms with Gasteiger partial charge in [-0.25, -0.2) is 14.0 Å². The van der Waals surface area contributed by atoms with Gasteiger partial charge in [-0.3, -0.25) is 4.79 Å². The van der Waals surface area contributed by atoms with Gasteiger partial charge in [-0.15, -0.1) is 0 Å². The average molecular weight is 461 g/mol. The number of amides is 1. The quantitative estimate of drug-likeness (QED) is 0.319. The third-order valence-electron chi connectivity index (χ3n) is 5.00. The summed E-state index contributed by atoms with van der Waals surface area (Å²) in [6.45, 7) is 1.51. The summed E-state index contributed by atoms with van der Waals surface area (Å²) in [5.74, 6) is -1.38. The second-order valence-electron chi connectivity index (χ2n) is 7.50. The average Bonchev–Trinajstić information content (AvgIpc) is 2.82. The molecule has 1 amide bonds. The van der Waals surface area contributed by atoms with E-state index in [2.05, 4.69) is 5.32 Å². The van der Waals surface area contributed by atoms with Crippen molar-refractivity contribution >= 4 is 28.5 Å². The number of para-hydroxylation sites is 1. The van der Waals surface area contributed by atoms with Crippen molar-refractivity contribution in [3.8, 4) is 5.75 Å². The molecule has 0 saturated carbocycles. The lowest BCUT2D eigenvalue weighted by molar-refractivity contribution is -0.119. The second kappa shape index (κ2) is 9.99. The molecule has 8 heteroatoms. The summed E-state index contributed by atoms with van der Waals surface area (Å²) >= 11 is 0. The highest BCUT2D eigenvalue weighted by Crippen LogP contribution is 2.23. The van der Waals surface area contributed by atoms with Crippen molar-refractivity contribution in [3.05, 3.63) is 106 Å². The third-order valence-corrected chi connectivity index (χ3v) is 5.00. The monoisotopic (exact) mass is 461 g/mol. The van der Waals surface area contributed by atoms with Gasteiger partial charge in [-0.2, -0.15) is 0 Å². The predicted octanol–water partition coefficient (Wildman–Crippen LogP) is 4.62. The van der Waals surface area contributed by atoms with Crippen LogP contribution >= 0.6 is 0 Å². The Hall–Kier alpha value is -4.46. The van der Waals surface area contributed by atoms with Crippen LogP contribution < -0.4 is 15.7 Å². The van der Waals surface area contributed by atoms with Crippen molar-refractivity contribution < 1.29 is 27.9 Å². The minimum atomic E-state index is -0.684. The van der Waals surface area contributed by atoms with Gasteiger partial charge in [0.1, 0.15) is 23.8 Å². The van der Waals surface area contributed by atoms with E-state index in [4.69, 9.17) is 13.9 Å². The maximum atomic E-state index is 13.6. The van der Waals surface area contributed by atoms with Crippen molar-refractivity contribution in [1.29, 1.82) is 0 Å². The first kappa shape index (κ1) is 22.7. The van der Waals surface area contributed by atoms with Crippen molar-refractivity contribution in [1.82, 2.24) is 0 Å². The van der Waals surface area contributed by atoms with Gasteiger partial charge in [-0.05, 0) is 54.4 Å². The van der Waals surface area contributed by atoms with E-state index >= 15 is 0 Å². The lowest BCUT2D eigenvalue weighted by Gasteiger charge is -2.09. The summed E-state index contributed by atoms with van der Waals surface area (Å²) in [5, 5.41) is 3.17. The van der Waals surface area contributed by atoms with Crippen LogP contribution in [0.25, 0.3) is 11.0 Å². The molecular weight excluding hydrogens is 441 g/mol. The summed E-state index contributed by atoms with van der Waals surface area (Å²) in [4.78, 5) is 35.7. The second-order valence-corrected chi connectivity index (χ2v) is 7.50. The van der Waals surface area contributed by atoms with Gasteiger partial charge in [0.05, 0.1) is 11.3 Å². The molecule has 3 aromatic carbocycles. The largest absolute Gasteiger partial charge is 0.489 e. The fourth-order valence-corrected chi connectivity index (χ4v) is 3.26. The van der Waals surface area contributed by atoms with E-state index in [1.165, 1.54) is 24.3 Å². The number of nitrogens with one attached hydrogen (secondary N) is 1. The van der Waals surface area contributed by atoms with Crippen LogP contribution in [-0.2, 0) is 16.1 Å². The molecule has 0 fully saturated rings. The highest BCUT2D eigenvalue weighted by Gasteiger charge is 2.12. The first-order chi connectivity index (χ1) is 16.4. The van der Waals surface area contributed by atoms with Crippen LogP contribution in [0.1, 0.15) is 21.5 Å². The smallest absolute Gasteiger partial charge is 0.338 e. The molecule has 0 aliphatic heterocycles. The highest BCUT2D eigenvalue weighted by molar-refractivity contribution is 5.95. The van der Waals surface area contributed by atoms with Crippen LogP contribution in [0.3, 0.4) is 0 Å². The Morgan fingerprint density at radius 3 is 2.53 bits per heavy atom. The Morgan fingerprint density at radius 2 is 1.76 bits per heavy atom. The predicted molar refractivity (Wildman–Crippen MR) is 123 cm³/mol. The SMILES string of the molecule is Cc1cc(=O)oc2cc(OCc3ccc(C(=O)OCC(=O)Nc4ccccc4F)cc3)ccc12. The topological polar surface area (TPSA) is 94.8 Å². The minimum absolute atomic E-state index is 0.0107. The zero-order chi connectivity index (χ0) is 24.1. The summed E-state index contributed by atoms with van der Waals surface area (Å²) in [5.41, 5.74) is 1.90. The van der Waals surface area contributed by atoms with E-state index in [0.717, 1.165) is 16.5 Å². The van der Waals surface area contributed by atoms with E-state index < -0.39 is 29.9 Å². The number of anilines is 1. The number of ether oxygens (including phenoxy) is 2. The Balaban J connectivity index is 1.31. The lowest BCUT2D eigenvalue weighted by Crippen LogP contribution is -2.21. The molecule has 0 bridgehead atoms. The molecule has 1 heterocycles. The normalized spacial score (nSPS) is 10.6. The number of hydrogen-bond donors (Lipinski definition) is 1. The molecule has 172 valence electrons. The van der Waals surface area contributed by atoms with Gasteiger partial charge in [-0.1, -0.05) is 24.3 Å². The van der Waals surface area contributed by atoms with Crippen LogP contribution in [-0.4, -0.2) is 18.5 Å². The maximum absolute atomic E-state index is 13.6. The van der Waals surface area contributed by atoms with Crippen LogP contribution in [0.2, 0.25) is 0 Å². The molecule has 4 aromatic rings. The standard InChI is InChI=1S/C26H20FNO6/c1-16-12-25(30)34-23-13-19(10-11-20(16)23)32-14-17-6-8-18(9-7-17)26(31)33-15-24(29)28-22-5-3-2-4-21(22)27/h2-13H,14-15H2,1H3,(H,28,29). The maximum Gasteiger partial charge on any atom is 0.338 e. The number of esters is 1. The van der Waals surface area contributed by atoms with E-state index in [1.54, 1.807) is 42.5 Å². The van der Waals surface area contributed by atoms with Crippen LogP contribution in [0.5, 0.6) is 5.75 Å². The fraction of sp³-hybridized carbons (Fsp3) is 0.115. The van der Waals surface area contributed by atoms with E-state index in [-0.39, 0.29) is 17.9 Å². The molecule has 0 aliphatic rings. The van der Waals surface area contributed by atoms with Gasteiger partial charge in [0.15, 0.2) is 6.61 Å². The number of aryl methyl sites for hydroxylation is 1. The van der Waals surface area contributed by atoms with Crippen molar-refractivity contribution in [2.24, 2.45) is 0 Å². The Labute approximate surface area is 193 Å². The molecule has 34 heavy (non-hydrogen) atoms. The lowest BCUT2D eigenvalue weighted by atomic mass is 10.1. The number of halogens is 1. The summed E-state index contributed by atoms with van der Waals surface area (Å²) in [7, 11) is 0. The molecule has 0 unspecified atom stereocenters. The first-order valence-corrected chi connectivity index (χ1v) is 10.4. The van der Waals surface area contributed by atoms with E-state index in [9.17, 15) is 18.8 Å². The van der Waals surface area contributed by atoms with Crippen molar-refractivity contribution in [3.63, 3.8) is 0 Å². The Kier molecular flexibility index (Phi) is 6.68. The van der Waals surface area contributed by atoms with Crippen LogP contribution in [0, 0.1) is 12.7 Å².